The van der Waals surface area contributed by atoms with E-state index >= 15 is 0 Å². The van der Waals surface area contributed by atoms with E-state index in [0.717, 1.165) is 22.9 Å². The molecule has 2 atom stereocenters. The minimum absolute atomic E-state index is 0.113. The number of amides is 1. The van der Waals surface area contributed by atoms with Gasteiger partial charge < -0.3 is 10.1 Å². The standard InChI is InChI=1S/C20H20N4O2S/c1-26-16-9-5-8-15(11-16)22-19-17(27-20(25)23-19)10-14-12-21-24-18(14)13-6-3-2-4-7-13/h2-11,14,18,21,24H,12H2,1H3,(H,22,23,25)/b17-10+. The van der Waals surface area contributed by atoms with Crippen LogP contribution < -0.4 is 20.9 Å². The molecule has 2 heterocycles. The zero-order chi connectivity index (χ0) is 18.6. The Labute approximate surface area is 162 Å². The van der Waals surface area contributed by atoms with Crippen LogP contribution in [0.2, 0.25) is 0 Å². The highest BCUT2D eigenvalue weighted by atomic mass is 32.2. The molecular formula is C20H20N4O2S. The number of methoxy groups -OCH3 is 1. The summed E-state index contributed by atoms with van der Waals surface area (Å²) in [6, 6.07) is 17.9. The number of nitrogens with one attached hydrogen (secondary N) is 3. The number of aliphatic imine (C=N–C) groups is 1. The zero-order valence-electron chi connectivity index (χ0n) is 14.8. The van der Waals surface area contributed by atoms with E-state index in [1.54, 1.807) is 7.11 Å². The number of hydrogen-bond acceptors (Lipinski definition) is 6. The molecule has 6 nitrogen and oxygen atoms in total. The molecule has 2 fully saturated rings. The molecule has 0 saturated carbocycles. The fourth-order valence-corrected chi connectivity index (χ4v) is 3.97. The number of thioether (sulfide) groups is 1. The first-order valence-electron chi connectivity index (χ1n) is 8.70. The van der Waals surface area contributed by atoms with E-state index in [1.165, 1.54) is 17.3 Å². The van der Waals surface area contributed by atoms with Crippen LogP contribution >= 0.6 is 11.8 Å². The second-order valence-electron chi connectivity index (χ2n) is 6.28. The lowest BCUT2D eigenvalue weighted by atomic mass is 9.94. The fourth-order valence-electron chi connectivity index (χ4n) is 3.19. The summed E-state index contributed by atoms with van der Waals surface area (Å²) in [4.78, 5) is 17.4. The minimum Gasteiger partial charge on any atom is -0.497 e. The van der Waals surface area contributed by atoms with Gasteiger partial charge in [-0.1, -0.05) is 42.5 Å². The molecule has 2 saturated heterocycles. The largest absolute Gasteiger partial charge is 0.497 e. The maximum Gasteiger partial charge on any atom is 0.289 e. The molecule has 7 heteroatoms. The van der Waals surface area contributed by atoms with Gasteiger partial charge in [0.2, 0.25) is 0 Å². The zero-order valence-corrected chi connectivity index (χ0v) is 15.6. The van der Waals surface area contributed by atoms with Crippen molar-refractivity contribution in [1.29, 1.82) is 0 Å². The number of hydrazine groups is 1. The van der Waals surface area contributed by atoms with Gasteiger partial charge in [0.05, 0.1) is 23.7 Å². The van der Waals surface area contributed by atoms with Crippen LogP contribution in [0.15, 0.2) is 70.6 Å². The summed E-state index contributed by atoms with van der Waals surface area (Å²) in [5.74, 6) is 1.52. The number of hydrogen-bond donors (Lipinski definition) is 3. The van der Waals surface area contributed by atoms with Crippen molar-refractivity contribution in [3.05, 3.63) is 71.1 Å². The first-order chi connectivity index (χ1) is 13.2. The second-order valence-corrected chi connectivity index (χ2v) is 7.30. The van der Waals surface area contributed by atoms with Gasteiger partial charge in [-0.2, -0.15) is 0 Å². The molecular weight excluding hydrogens is 360 g/mol. The molecule has 1 amide bonds. The summed E-state index contributed by atoms with van der Waals surface area (Å²) >= 11 is 1.18. The molecule has 3 N–H and O–H groups in total. The number of amidine groups is 1. The van der Waals surface area contributed by atoms with Gasteiger partial charge in [0.15, 0.2) is 0 Å². The van der Waals surface area contributed by atoms with E-state index in [4.69, 9.17) is 4.74 Å². The van der Waals surface area contributed by atoms with Crippen LogP contribution in [-0.2, 0) is 0 Å². The van der Waals surface area contributed by atoms with Gasteiger partial charge in [-0.3, -0.25) is 10.2 Å². The first kappa shape index (κ1) is 17.8. The van der Waals surface area contributed by atoms with Crippen molar-refractivity contribution in [2.75, 3.05) is 13.7 Å². The number of ether oxygens (including phenoxy) is 1. The van der Waals surface area contributed by atoms with Crippen molar-refractivity contribution in [1.82, 2.24) is 16.2 Å². The van der Waals surface area contributed by atoms with Crippen molar-refractivity contribution >= 4 is 28.5 Å². The molecule has 27 heavy (non-hydrogen) atoms. The number of nitrogens with zero attached hydrogens (tertiary/aromatic N) is 1. The summed E-state index contributed by atoms with van der Waals surface area (Å²) < 4.78 is 5.24. The lowest BCUT2D eigenvalue weighted by Gasteiger charge is -2.16. The van der Waals surface area contributed by atoms with Gasteiger partial charge in [0.25, 0.3) is 5.24 Å². The molecule has 0 aromatic heterocycles. The monoisotopic (exact) mass is 380 g/mol. The molecule has 2 aliphatic rings. The van der Waals surface area contributed by atoms with Crippen LogP contribution in [0.4, 0.5) is 10.5 Å². The summed E-state index contributed by atoms with van der Waals surface area (Å²) in [5.41, 5.74) is 8.49. The number of rotatable bonds is 4. The molecule has 0 radical (unpaired) electrons. The first-order valence-corrected chi connectivity index (χ1v) is 9.51. The van der Waals surface area contributed by atoms with Gasteiger partial charge in [0, 0.05) is 18.5 Å². The van der Waals surface area contributed by atoms with Crippen LogP contribution in [0.3, 0.4) is 0 Å². The Balaban J connectivity index is 1.62. The summed E-state index contributed by atoms with van der Waals surface area (Å²) in [5, 5.41) is 2.73. The molecule has 2 unspecified atom stereocenters. The Morgan fingerprint density at radius 1 is 1.19 bits per heavy atom. The van der Waals surface area contributed by atoms with Crippen LogP contribution in [-0.4, -0.2) is 24.7 Å². The lowest BCUT2D eigenvalue weighted by molar-refractivity contribution is 0.265. The summed E-state index contributed by atoms with van der Waals surface area (Å²) in [6.07, 6.45) is 2.12. The van der Waals surface area contributed by atoms with E-state index in [2.05, 4.69) is 39.4 Å². The molecule has 0 bridgehead atoms. The molecule has 0 aliphatic carbocycles. The van der Waals surface area contributed by atoms with E-state index in [0.29, 0.717) is 5.84 Å². The van der Waals surface area contributed by atoms with Gasteiger partial charge in [-0.25, -0.2) is 10.4 Å². The Bertz CT molecular complexity index is 898. The van der Waals surface area contributed by atoms with Crippen LogP contribution in [0, 0.1) is 5.92 Å². The summed E-state index contributed by atoms with van der Waals surface area (Å²) in [6.45, 7) is 0.782. The van der Waals surface area contributed by atoms with E-state index in [-0.39, 0.29) is 17.2 Å². The average Bonchev–Trinajstić information content (AvgIpc) is 3.29. The Morgan fingerprint density at radius 2 is 2.04 bits per heavy atom. The van der Waals surface area contributed by atoms with Crippen molar-refractivity contribution < 1.29 is 9.53 Å². The quantitative estimate of drug-likeness (QED) is 0.757. The van der Waals surface area contributed by atoms with Gasteiger partial charge >= 0.3 is 0 Å². The molecule has 4 rings (SSSR count). The Kier molecular flexibility index (Phi) is 5.24. The van der Waals surface area contributed by atoms with E-state index in [1.807, 2.05) is 42.5 Å². The van der Waals surface area contributed by atoms with Gasteiger partial charge in [0.1, 0.15) is 11.6 Å². The number of carbonyl (C=O) groups is 1. The highest BCUT2D eigenvalue weighted by molar-refractivity contribution is 8.18. The Morgan fingerprint density at radius 3 is 2.85 bits per heavy atom. The Hall–Kier alpha value is -2.61. The van der Waals surface area contributed by atoms with E-state index < -0.39 is 0 Å². The van der Waals surface area contributed by atoms with E-state index in [9.17, 15) is 4.79 Å². The molecule has 2 aromatic rings. The van der Waals surface area contributed by atoms with Gasteiger partial charge in [-0.05, 0) is 29.5 Å². The third-order valence-electron chi connectivity index (χ3n) is 4.50. The van der Waals surface area contributed by atoms with Crippen molar-refractivity contribution in [3.63, 3.8) is 0 Å². The van der Waals surface area contributed by atoms with Crippen molar-refractivity contribution in [2.24, 2.45) is 10.9 Å². The minimum atomic E-state index is -0.113. The lowest BCUT2D eigenvalue weighted by Crippen LogP contribution is -2.24. The maximum atomic E-state index is 12.0. The topological polar surface area (TPSA) is 74.8 Å². The van der Waals surface area contributed by atoms with Crippen LogP contribution in [0.5, 0.6) is 5.75 Å². The van der Waals surface area contributed by atoms with Crippen LogP contribution in [0.1, 0.15) is 11.6 Å². The highest BCUT2D eigenvalue weighted by Gasteiger charge is 2.30. The maximum absolute atomic E-state index is 12.0. The van der Waals surface area contributed by atoms with Crippen molar-refractivity contribution in [2.45, 2.75) is 6.04 Å². The van der Waals surface area contributed by atoms with Crippen LogP contribution in [0.25, 0.3) is 0 Å². The number of benzene rings is 2. The predicted molar refractivity (Wildman–Crippen MR) is 108 cm³/mol. The summed E-state index contributed by atoms with van der Waals surface area (Å²) in [7, 11) is 1.62. The SMILES string of the molecule is COc1cccc(N=C2NC(=O)S/C2=C/C2CNNC2c2ccccc2)c1. The normalized spacial score (nSPS) is 25.1. The number of carbonyl (C=O) groups excluding carboxylic acids is 1. The smallest absolute Gasteiger partial charge is 0.289 e. The van der Waals surface area contributed by atoms with Crippen molar-refractivity contribution in [3.8, 4) is 5.75 Å². The second kappa shape index (κ2) is 7.96. The van der Waals surface area contributed by atoms with Gasteiger partial charge in [-0.15, -0.1) is 0 Å². The fraction of sp³-hybridized carbons (Fsp3) is 0.200. The molecule has 138 valence electrons. The average molecular weight is 380 g/mol. The predicted octanol–water partition coefficient (Wildman–Crippen LogP) is 3.53. The third kappa shape index (κ3) is 4.05. The third-order valence-corrected chi connectivity index (χ3v) is 5.34. The molecule has 2 aliphatic heterocycles. The molecule has 0 spiro atoms. The molecule has 2 aromatic carbocycles. The highest BCUT2D eigenvalue weighted by Crippen LogP contribution is 2.33.